The lowest BCUT2D eigenvalue weighted by atomic mass is 10.0. The Morgan fingerprint density at radius 1 is 1.34 bits per heavy atom. The van der Waals surface area contributed by atoms with Gasteiger partial charge in [-0.2, -0.15) is 5.10 Å². The van der Waals surface area contributed by atoms with Gasteiger partial charge in [0, 0.05) is 26.2 Å². The van der Waals surface area contributed by atoms with E-state index in [2.05, 4.69) is 10.4 Å². The van der Waals surface area contributed by atoms with Crippen LogP contribution in [-0.2, 0) is 9.47 Å². The number of likely N-dealkylation sites (tertiary alicyclic amines) is 1. The molecule has 1 atom stereocenters. The van der Waals surface area contributed by atoms with Gasteiger partial charge >= 0.3 is 6.09 Å². The fourth-order valence-electron chi connectivity index (χ4n) is 3.67. The maximum Gasteiger partial charge on any atom is 0.410 e. The summed E-state index contributed by atoms with van der Waals surface area (Å²) in [5.74, 6) is 0.416. The van der Waals surface area contributed by atoms with E-state index in [1.54, 1.807) is 11.1 Å². The Morgan fingerprint density at radius 2 is 2.07 bits per heavy atom. The van der Waals surface area contributed by atoms with Gasteiger partial charge in [-0.1, -0.05) is 11.6 Å². The molecule has 162 valence electrons. The van der Waals surface area contributed by atoms with Gasteiger partial charge in [-0.3, -0.25) is 4.79 Å². The van der Waals surface area contributed by atoms with E-state index in [-0.39, 0.29) is 22.7 Å². The van der Waals surface area contributed by atoms with Crippen molar-refractivity contribution in [3.63, 3.8) is 0 Å². The van der Waals surface area contributed by atoms with Gasteiger partial charge in [0.25, 0.3) is 5.56 Å². The van der Waals surface area contributed by atoms with Gasteiger partial charge < -0.3 is 19.7 Å². The monoisotopic (exact) mass is 426 g/mol. The summed E-state index contributed by atoms with van der Waals surface area (Å²) in [6.45, 7) is 8.84. The molecule has 0 aromatic carbocycles. The molecule has 1 N–H and O–H groups in total. The molecule has 0 bridgehead atoms. The van der Waals surface area contributed by atoms with Crippen LogP contribution in [0.1, 0.15) is 52.5 Å². The highest BCUT2D eigenvalue weighted by Crippen LogP contribution is 2.24. The minimum Gasteiger partial charge on any atom is -0.444 e. The van der Waals surface area contributed by atoms with Crippen LogP contribution in [0, 0.1) is 5.92 Å². The van der Waals surface area contributed by atoms with Gasteiger partial charge in [0.15, 0.2) is 0 Å². The molecule has 0 unspecified atom stereocenters. The van der Waals surface area contributed by atoms with Crippen LogP contribution in [0.3, 0.4) is 0 Å². The summed E-state index contributed by atoms with van der Waals surface area (Å²) in [7, 11) is 0. The average molecular weight is 427 g/mol. The summed E-state index contributed by atoms with van der Waals surface area (Å²) in [5, 5.41) is 7.75. The highest BCUT2D eigenvalue weighted by molar-refractivity contribution is 6.32. The standard InChI is InChI=1S/C20H31ClN4O4/c1-20(2,3)29-19(27)24-8-6-15(7-9-24)25-18(26)17(21)16(12-23-25)22-11-14-5-4-10-28-13-14/h12,14-15,22H,4-11,13H2,1-3H3/t14-/m0/s1. The number of aromatic nitrogens is 2. The van der Waals surface area contributed by atoms with E-state index in [4.69, 9.17) is 21.1 Å². The number of anilines is 1. The lowest BCUT2D eigenvalue weighted by molar-refractivity contribution is 0.0183. The smallest absolute Gasteiger partial charge is 0.410 e. The Balaban J connectivity index is 1.58. The molecule has 2 aliphatic heterocycles. The zero-order valence-corrected chi connectivity index (χ0v) is 18.2. The molecule has 1 aromatic heterocycles. The van der Waals surface area contributed by atoms with Crippen molar-refractivity contribution in [1.29, 1.82) is 0 Å². The van der Waals surface area contributed by atoms with Crippen LogP contribution in [0.5, 0.6) is 0 Å². The van der Waals surface area contributed by atoms with Crippen LogP contribution in [-0.4, -0.2) is 59.2 Å². The molecule has 8 nitrogen and oxygen atoms in total. The first-order chi connectivity index (χ1) is 13.7. The number of amides is 1. The molecule has 0 radical (unpaired) electrons. The number of piperidine rings is 1. The van der Waals surface area contributed by atoms with Crippen LogP contribution >= 0.6 is 11.6 Å². The third kappa shape index (κ3) is 5.85. The summed E-state index contributed by atoms with van der Waals surface area (Å²) in [4.78, 5) is 26.6. The lowest BCUT2D eigenvalue weighted by Gasteiger charge is -2.33. The molecule has 3 heterocycles. The second-order valence-corrected chi connectivity index (χ2v) is 9.16. The van der Waals surface area contributed by atoms with Crippen LogP contribution in [0.15, 0.2) is 11.0 Å². The van der Waals surface area contributed by atoms with Gasteiger partial charge in [-0.15, -0.1) is 0 Å². The van der Waals surface area contributed by atoms with Crippen LogP contribution in [0.4, 0.5) is 10.5 Å². The third-order valence-corrected chi connectivity index (χ3v) is 5.61. The van der Waals surface area contributed by atoms with E-state index in [9.17, 15) is 9.59 Å². The van der Waals surface area contributed by atoms with Crippen molar-refractivity contribution in [2.24, 2.45) is 5.92 Å². The van der Waals surface area contributed by atoms with Crippen molar-refractivity contribution in [2.75, 3.05) is 38.2 Å². The van der Waals surface area contributed by atoms with E-state index < -0.39 is 5.60 Å². The second-order valence-electron chi connectivity index (χ2n) is 8.78. The molecule has 2 saturated heterocycles. The van der Waals surface area contributed by atoms with E-state index >= 15 is 0 Å². The largest absolute Gasteiger partial charge is 0.444 e. The predicted octanol–water partition coefficient (Wildman–Crippen LogP) is 3.31. The summed E-state index contributed by atoms with van der Waals surface area (Å²) >= 11 is 6.34. The molecule has 29 heavy (non-hydrogen) atoms. The van der Waals surface area contributed by atoms with E-state index in [0.29, 0.717) is 44.1 Å². The van der Waals surface area contributed by atoms with E-state index in [1.807, 2.05) is 20.8 Å². The maximum atomic E-state index is 12.7. The van der Waals surface area contributed by atoms with Crippen molar-refractivity contribution < 1.29 is 14.3 Å². The Morgan fingerprint density at radius 3 is 2.69 bits per heavy atom. The molecule has 2 fully saturated rings. The summed E-state index contributed by atoms with van der Waals surface area (Å²) in [6.07, 6.45) is 4.73. The summed E-state index contributed by atoms with van der Waals surface area (Å²) in [6, 6.07) is -0.0838. The molecule has 0 spiro atoms. The molecular weight excluding hydrogens is 396 g/mol. The van der Waals surface area contributed by atoms with Gasteiger partial charge in [0.05, 0.1) is 24.5 Å². The van der Waals surface area contributed by atoms with Gasteiger partial charge in [0.2, 0.25) is 0 Å². The number of halogens is 1. The fraction of sp³-hybridized carbons (Fsp3) is 0.750. The molecule has 1 aromatic rings. The summed E-state index contributed by atoms with van der Waals surface area (Å²) < 4.78 is 12.3. The molecule has 2 aliphatic rings. The predicted molar refractivity (Wildman–Crippen MR) is 112 cm³/mol. The maximum absolute atomic E-state index is 12.7. The number of carbonyl (C=O) groups is 1. The number of carbonyl (C=O) groups excluding carboxylic acids is 1. The first kappa shape index (κ1) is 21.9. The zero-order valence-electron chi connectivity index (χ0n) is 17.4. The number of rotatable bonds is 4. The van der Waals surface area contributed by atoms with Crippen LogP contribution in [0.2, 0.25) is 5.02 Å². The van der Waals surface area contributed by atoms with Crippen molar-refractivity contribution in [3.8, 4) is 0 Å². The van der Waals surface area contributed by atoms with E-state index in [0.717, 1.165) is 26.1 Å². The van der Waals surface area contributed by atoms with Crippen LogP contribution in [0.25, 0.3) is 0 Å². The minimum absolute atomic E-state index is 0.0838. The molecule has 0 saturated carbocycles. The zero-order chi connectivity index (χ0) is 21.0. The Labute approximate surface area is 176 Å². The molecule has 9 heteroatoms. The Kier molecular flexibility index (Phi) is 7.05. The topological polar surface area (TPSA) is 85.7 Å². The fourth-order valence-corrected chi connectivity index (χ4v) is 3.87. The summed E-state index contributed by atoms with van der Waals surface area (Å²) in [5.41, 5.74) is -0.260. The molecule has 3 rings (SSSR count). The number of hydrogen-bond donors (Lipinski definition) is 1. The molecule has 0 aliphatic carbocycles. The minimum atomic E-state index is -0.521. The number of hydrogen-bond acceptors (Lipinski definition) is 6. The quantitative estimate of drug-likeness (QED) is 0.794. The van der Waals surface area contributed by atoms with Gasteiger partial charge in [-0.25, -0.2) is 9.48 Å². The van der Waals surface area contributed by atoms with E-state index in [1.165, 1.54) is 4.68 Å². The first-order valence-electron chi connectivity index (χ1n) is 10.3. The van der Waals surface area contributed by atoms with Crippen molar-refractivity contribution in [3.05, 3.63) is 21.6 Å². The number of nitrogens with zero attached hydrogens (tertiary/aromatic N) is 3. The van der Waals surface area contributed by atoms with Crippen LogP contribution < -0.4 is 10.9 Å². The highest BCUT2D eigenvalue weighted by atomic mass is 35.5. The third-order valence-electron chi connectivity index (χ3n) is 5.24. The normalized spacial score (nSPS) is 21.1. The number of nitrogens with one attached hydrogen (secondary N) is 1. The number of ether oxygens (including phenoxy) is 2. The SMILES string of the molecule is CC(C)(C)OC(=O)N1CCC(n2ncc(NC[C@@H]3CCCOC3)c(Cl)c2=O)CC1. The second kappa shape index (κ2) is 9.34. The lowest BCUT2D eigenvalue weighted by Crippen LogP contribution is -2.43. The van der Waals surface area contributed by atoms with Crippen molar-refractivity contribution in [1.82, 2.24) is 14.7 Å². The van der Waals surface area contributed by atoms with Crippen molar-refractivity contribution in [2.45, 2.75) is 58.1 Å². The van der Waals surface area contributed by atoms with Crippen molar-refractivity contribution >= 4 is 23.4 Å². The first-order valence-corrected chi connectivity index (χ1v) is 10.7. The van der Waals surface area contributed by atoms with Gasteiger partial charge in [0.1, 0.15) is 10.6 Å². The Bertz CT molecular complexity index is 763. The highest BCUT2D eigenvalue weighted by Gasteiger charge is 2.29. The van der Waals surface area contributed by atoms with Gasteiger partial charge in [-0.05, 0) is 52.4 Å². The molecule has 1 amide bonds. The average Bonchev–Trinajstić information content (AvgIpc) is 2.69. The molecular formula is C20H31ClN4O4. The Hall–Kier alpha value is -1.80.